The Kier molecular flexibility index (Phi) is 2.76. The van der Waals surface area contributed by atoms with Gasteiger partial charge in [-0.15, -0.1) is 5.10 Å². The van der Waals surface area contributed by atoms with Gasteiger partial charge in [0.05, 0.1) is 6.10 Å². The molecule has 2 aliphatic rings. The predicted molar refractivity (Wildman–Crippen MR) is 61.6 cm³/mol. The molecule has 6 nitrogen and oxygen atoms in total. The highest BCUT2D eigenvalue weighted by atomic mass is 16.4. The molecule has 0 saturated carbocycles. The zero-order chi connectivity index (χ0) is 11.8. The second-order valence-corrected chi connectivity index (χ2v) is 4.93. The Bertz CT molecular complexity index is 381. The van der Waals surface area contributed by atoms with Gasteiger partial charge in [-0.3, -0.25) is 0 Å². The minimum absolute atomic E-state index is 0.171. The van der Waals surface area contributed by atoms with Crippen LogP contribution in [0.1, 0.15) is 31.6 Å². The molecule has 0 aromatic carbocycles. The second-order valence-electron chi connectivity index (χ2n) is 4.93. The van der Waals surface area contributed by atoms with Crippen molar-refractivity contribution >= 4 is 6.01 Å². The molecule has 94 valence electrons. The van der Waals surface area contributed by atoms with Crippen LogP contribution in [0.25, 0.3) is 0 Å². The molecule has 0 aliphatic carbocycles. The van der Waals surface area contributed by atoms with Crippen molar-refractivity contribution in [2.45, 2.75) is 50.3 Å². The van der Waals surface area contributed by atoms with Gasteiger partial charge in [0.2, 0.25) is 5.89 Å². The van der Waals surface area contributed by atoms with E-state index in [1.807, 2.05) is 0 Å². The highest BCUT2D eigenvalue weighted by Crippen LogP contribution is 2.38. The topological polar surface area (TPSA) is 88.4 Å². The van der Waals surface area contributed by atoms with Gasteiger partial charge in [-0.25, -0.2) is 0 Å². The average molecular weight is 238 g/mol. The first-order valence-corrected chi connectivity index (χ1v) is 6.26. The lowest BCUT2D eigenvalue weighted by atomic mass is 10.0. The molecule has 17 heavy (non-hydrogen) atoms. The van der Waals surface area contributed by atoms with Crippen LogP contribution in [-0.4, -0.2) is 40.0 Å². The monoisotopic (exact) mass is 238 g/mol. The maximum atomic E-state index is 9.73. The van der Waals surface area contributed by atoms with Crippen molar-refractivity contribution in [2.24, 2.45) is 5.73 Å². The first-order chi connectivity index (χ1) is 8.28. The standard InChI is InChI=1S/C11H18N4O2/c12-4-3-10-13-14-11(17-10)15-7-1-2-8(15)6-9(16)5-7/h7-9,16H,1-6,12H2. The summed E-state index contributed by atoms with van der Waals surface area (Å²) < 4.78 is 5.62. The number of aliphatic hydroxyl groups excluding tert-OH is 1. The number of piperidine rings is 1. The van der Waals surface area contributed by atoms with Gasteiger partial charge >= 0.3 is 6.01 Å². The lowest BCUT2D eigenvalue weighted by molar-refractivity contribution is 0.124. The fourth-order valence-corrected chi connectivity index (χ4v) is 3.03. The number of rotatable bonds is 3. The maximum Gasteiger partial charge on any atom is 0.318 e. The van der Waals surface area contributed by atoms with E-state index < -0.39 is 0 Å². The summed E-state index contributed by atoms with van der Waals surface area (Å²) in [5.74, 6) is 0.605. The van der Waals surface area contributed by atoms with E-state index in [0.29, 0.717) is 37.0 Å². The number of hydrogen-bond donors (Lipinski definition) is 2. The molecule has 2 bridgehead atoms. The van der Waals surface area contributed by atoms with Crippen LogP contribution >= 0.6 is 0 Å². The fraction of sp³-hybridized carbons (Fsp3) is 0.818. The third kappa shape index (κ3) is 1.91. The molecule has 3 rings (SSSR count). The van der Waals surface area contributed by atoms with Crippen LogP contribution in [0.3, 0.4) is 0 Å². The van der Waals surface area contributed by atoms with Crippen molar-refractivity contribution in [3.8, 4) is 0 Å². The third-order valence-electron chi connectivity index (χ3n) is 3.74. The minimum atomic E-state index is -0.171. The van der Waals surface area contributed by atoms with Gasteiger partial charge < -0.3 is 20.2 Å². The minimum Gasteiger partial charge on any atom is -0.408 e. The Balaban J connectivity index is 1.79. The number of aliphatic hydroxyl groups is 1. The maximum absolute atomic E-state index is 9.73. The SMILES string of the molecule is NCCc1nnc(N2C3CCC2CC(O)C3)o1. The summed E-state index contributed by atoms with van der Waals surface area (Å²) in [4.78, 5) is 2.19. The molecule has 0 spiro atoms. The Hall–Kier alpha value is -1.14. The molecule has 2 unspecified atom stereocenters. The van der Waals surface area contributed by atoms with Crippen LogP contribution in [0.5, 0.6) is 0 Å². The molecule has 0 amide bonds. The number of nitrogens with zero attached hydrogens (tertiary/aromatic N) is 3. The third-order valence-corrected chi connectivity index (χ3v) is 3.74. The Morgan fingerprint density at radius 3 is 2.65 bits per heavy atom. The largest absolute Gasteiger partial charge is 0.408 e. The summed E-state index contributed by atoms with van der Waals surface area (Å²) in [6, 6.07) is 1.32. The zero-order valence-corrected chi connectivity index (χ0v) is 9.75. The van der Waals surface area contributed by atoms with Crippen molar-refractivity contribution in [1.29, 1.82) is 0 Å². The van der Waals surface area contributed by atoms with Gasteiger partial charge in [-0.05, 0) is 25.7 Å². The van der Waals surface area contributed by atoms with E-state index in [0.717, 1.165) is 25.7 Å². The Morgan fingerprint density at radius 2 is 2.00 bits per heavy atom. The molecule has 3 heterocycles. The van der Waals surface area contributed by atoms with Crippen LogP contribution in [0.15, 0.2) is 4.42 Å². The highest BCUT2D eigenvalue weighted by molar-refractivity contribution is 5.33. The number of nitrogens with two attached hydrogens (primary N) is 1. The second kappa shape index (κ2) is 4.27. The van der Waals surface area contributed by atoms with Gasteiger partial charge in [0.25, 0.3) is 0 Å². The summed E-state index contributed by atoms with van der Waals surface area (Å²) in [5.41, 5.74) is 5.46. The number of fused-ring (bicyclic) bond motifs is 2. The first-order valence-electron chi connectivity index (χ1n) is 6.26. The Morgan fingerprint density at radius 1 is 1.29 bits per heavy atom. The smallest absolute Gasteiger partial charge is 0.318 e. The van der Waals surface area contributed by atoms with E-state index in [2.05, 4.69) is 15.1 Å². The highest BCUT2D eigenvalue weighted by Gasteiger charge is 2.42. The number of anilines is 1. The van der Waals surface area contributed by atoms with Gasteiger partial charge in [-0.1, -0.05) is 5.10 Å². The van der Waals surface area contributed by atoms with E-state index >= 15 is 0 Å². The number of hydrogen-bond acceptors (Lipinski definition) is 6. The first kappa shape index (κ1) is 11.0. The van der Waals surface area contributed by atoms with Crippen molar-refractivity contribution in [1.82, 2.24) is 10.2 Å². The van der Waals surface area contributed by atoms with Gasteiger partial charge in [0, 0.05) is 25.0 Å². The zero-order valence-electron chi connectivity index (χ0n) is 9.75. The van der Waals surface area contributed by atoms with Crippen molar-refractivity contribution in [2.75, 3.05) is 11.4 Å². The molecule has 2 saturated heterocycles. The summed E-state index contributed by atoms with van der Waals surface area (Å²) in [5, 5.41) is 17.8. The summed E-state index contributed by atoms with van der Waals surface area (Å²) in [7, 11) is 0. The lowest BCUT2D eigenvalue weighted by Crippen LogP contribution is -2.45. The summed E-state index contributed by atoms with van der Waals surface area (Å²) >= 11 is 0. The van der Waals surface area contributed by atoms with E-state index in [-0.39, 0.29) is 6.10 Å². The fourth-order valence-electron chi connectivity index (χ4n) is 3.03. The quantitative estimate of drug-likeness (QED) is 0.774. The van der Waals surface area contributed by atoms with E-state index in [9.17, 15) is 5.11 Å². The molecule has 3 N–H and O–H groups in total. The molecule has 2 atom stereocenters. The molecule has 2 aliphatic heterocycles. The average Bonchev–Trinajstić information content (AvgIpc) is 2.83. The van der Waals surface area contributed by atoms with Crippen LogP contribution in [-0.2, 0) is 6.42 Å². The van der Waals surface area contributed by atoms with Crippen molar-refractivity contribution < 1.29 is 9.52 Å². The molecular weight excluding hydrogens is 220 g/mol. The molecule has 1 aromatic heterocycles. The molecule has 2 fully saturated rings. The van der Waals surface area contributed by atoms with Crippen LogP contribution in [0, 0.1) is 0 Å². The van der Waals surface area contributed by atoms with Gasteiger partial charge in [0.15, 0.2) is 0 Å². The van der Waals surface area contributed by atoms with Crippen molar-refractivity contribution in [3.63, 3.8) is 0 Å². The Labute approximate surface area is 99.8 Å². The molecule has 0 radical (unpaired) electrons. The van der Waals surface area contributed by atoms with Crippen molar-refractivity contribution in [3.05, 3.63) is 5.89 Å². The molecule has 6 heteroatoms. The van der Waals surface area contributed by atoms with Gasteiger partial charge in [0.1, 0.15) is 0 Å². The van der Waals surface area contributed by atoms with E-state index in [1.165, 1.54) is 0 Å². The van der Waals surface area contributed by atoms with E-state index in [4.69, 9.17) is 10.2 Å². The lowest BCUT2D eigenvalue weighted by Gasteiger charge is -2.35. The normalized spacial score (nSPS) is 32.1. The van der Waals surface area contributed by atoms with Crippen LogP contribution in [0.4, 0.5) is 6.01 Å². The summed E-state index contributed by atoms with van der Waals surface area (Å²) in [6.45, 7) is 0.521. The number of aromatic nitrogens is 2. The molecule has 1 aromatic rings. The predicted octanol–water partition coefficient (Wildman–Crippen LogP) is 0.0629. The van der Waals surface area contributed by atoms with E-state index in [1.54, 1.807) is 0 Å². The van der Waals surface area contributed by atoms with Gasteiger partial charge in [-0.2, -0.15) is 0 Å². The summed E-state index contributed by atoms with van der Waals surface area (Å²) in [6.07, 6.45) is 4.29. The molecular formula is C11H18N4O2. The van der Waals surface area contributed by atoms with Crippen LogP contribution < -0.4 is 10.6 Å². The van der Waals surface area contributed by atoms with Crippen LogP contribution in [0.2, 0.25) is 0 Å².